The largest absolute Gasteiger partial charge is 0.485 e. The Morgan fingerprint density at radius 2 is 1.53 bits per heavy atom. The van der Waals surface area contributed by atoms with Crippen LogP contribution in [-0.4, -0.2) is 17.4 Å². The van der Waals surface area contributed by atoms with Crippen molar-refractivity contribution in [1.82, 2.24) is 4.98 Å². The quantitative estimate of drug-likeness (QED) is 0.260. The number of aromatic nitrogens is 1. The van der Waals surface area contributed by atoms with Crippen LogP contribution in [0.25, 0.3) is 11.1 Å². The molecule has 0 saturated heterocycles. The zero-order valence-corrected chi connectivity index (χ0v) is 18.6. The van der Waals surface area contributed by atoms with Crippen molar-refractivity contribution in [3.63, 3.8) is 0 Å². The van der Waals surface area contributed by atoms with Crippen molar-refractivity contribution in [2.24, 2.45) is 0 Å². The van der Waals surface area contributed by atoms with Crippen LogP contribution in [-0.2, 0) is 12.6 Å². The third kappa shape index (κ3) is 5.83. The number of benzene rings is 3. The molecule has 0 saturated carbocycles. The van der Waals surface area contributed by atoms with Gasteiger partial charge in [0.1, 0.15) is 5.75 Å². The first-order chi connectivity index (χ1) is 16.3. The lowest BCUT2D eigenvalue weighted by Gasteiger charge is -2.10. The van der Waals surface area contributed by atoms with E-state index >= 15 is 0 Å². The lowest BCUT2D eigenvalue weighted by molar-refractivity contribution is -0.137. The molecular weight excluding hydrogens is 463 g/mol. The maximum absolute atomic E-state index is 12.8. The average Bonchev–Trinajstić information content (AvgIpc) is 2.84. The van der Waals surface area contributed by atoms with Crippen LogP contribution in [0.4, 0.5) is 13.2 Å². The first kappa shape index (κ1) is 23.5. The Morgan fingerprint density at radius 1 is 0.882 bits per heavy atom. The van der Waals surface area contributed by atoms with Crippen LogP contribution in [0.1, 0.15) is 27.2 Å². The van der Waals surface area contributed by atoms with Gasteiger partial charge in [-0.1, -0.05) is 78.3 Å². The third-order valence-corrected chi connectivity index (χ3v) is 5.55. The van der Waals surface area contributed by atoms with Gasteiger partial charge in [0.05, 0.1) is 16.3 Å². The number of halogens is 4. The summed E-state index contributed by atoms with van der Waals surface area (Å²) in [6, 6.07) is 25.0. The highest BCUT2D eigenvalue weighted by Gasteiger charge is 2.31. The Balaban J connectivity index is 1.34. The molecule has 0 bridgehead atoms. The topological polar surface area (TPSA) is 39.2 Å². The monoisotopic (exact) mass is 481 g/mol. The Morgan fingerprint density at radius 3 is 2.15 bits per heavy atom. The fourth-order valence-electron chi connectivity index (χ4n) is 3.36. The van der Waals surface area contributed by atoms with Crippen molar-refractivity contribution in [3.05, 3.63) is 119 Å². The van der Waals surface area contributed by atoms with Gasteiger partial charge < -0.3 is 4.74 Å². The molecule has 0 radical (unpaired) electrons. The van der Waals surface area contributed by atoms with E-state index in [4.69, 9.17) is 16.3 Å². The Labute approximate surface area is 199 Å². The van der Waals surface area contributed by atoms with Gasteiger partial charge in [-0.3, -0.25) is 9.78 Å². The lowest BCUT2D eigenvalue weighted by atomic mass is 10.0. The van der Waals surface area contributed by atoms with Gasteiger partial charge in [0, 0.05) is 18.2 Å². The lowest BCUT2D eigenvalue weighted by Crippen LogP contribution is -2.11. The number of pyridine rings is 1. The van der Waals surface area contributed by atoms with Gasteiger partial charge in [0.15, 0.2) is 12.4 Å². The van der Waals surface area contributed by atoms with Crippen LogP contribution in [0.5, 0.6) is 5.75 Å². The second kappa shape index (κ2) is 10.1. The minimum Gasteiger partial charge on any atom is -0.485 e. The summed E-state index contributed by atoms with van der Waals surface area (Å²) in [5, 5.41) is -0.0426. The highest BCUT2D eigenvalue weighted by Crippen LogP contribution is 2.31. The van der Waals surface area contributed by atoms with Crippen molar-refractivity contribution in [3.8, 4) is 16.9 Å². The smallest absolute Gasteiger partial charge is 0.417 e. The molecule has 4 rings (SSSR count). The number of carbonyl (C=O) groups is 1. The number of carbonyl (C=O) groups excluding carboxylic acids is 1. The van der Waals surface area contributed by atoms with Crippen molar-refractivity contribution in [2.75, 3.05) is 6.61 Å². The van der Waals surface area contributed by atoms with E-state index in [1.165, 1.54) is 0 Å². The minimum atomic E-state index is -4.49. The van der Waals surface area contributed by atoms with E-state index in [0.29, 0.717) is 17.0 Å². The van der Waals surface area contributed by atoms with Gasteiger partial charge >= 0.3 is 6.18 Å². The molecule has 0 amide bonds. The number of nitrogens with zero attached hydrogens (tertiary/aromatic N) is 1. The maximum atomic E-state index is 12.8. The first-order valence-corrected chi connectivity index (χ1v) is 10.8. The van der Waals surface area contributed by atoms with Gasteiger partial charge in [-0.25, -0.2) is 0 Å². The highest BCUT2D eigenvalue weighted by molar-refractivity contribution is 6.31. The normalized spacial score (nSPS) is 11.3. The van der Waals surface area contributed by atoms with E-state index in [-0.39, 0.29) is 23.8 Å². The molecule has 34 heavy (non-hydrogen) atoms. The molecule has 3 aromatic carbocycles. The number of hydrogen-bond acceptors (Lipinski definition) is 3. The number of rotatable bonds is 7. The second-order valence-electron chi connectivity index (χ2n) is 7.63. The van der Waals surface area contributed by atoms with E-state index in [2.05, 4.69) is 4.98 Å². The fraction of sp³-hybridized carbons (Fsp3) is 0.111. The molecule has 0 aliphatic rings. The summed E-state index contributed by atoms with van der Waals surface area (Å²) in [7, 11) is 0. The van der Waals surface area contributed by atoms with E-state index < -0.39 is 11.7 Å². The number of hydrogen-bond donors (Lipinski definition) is 0. The van der Waals surface area contributed by atoms with Gasteiger partial charge in [0.25, 0.3) is 0 Å². The highest BCUT2D eigenvalue weighted by atomic mass is 35.5. The summed E-state index contributed by atoms with van der Waals surface area (Å²) in [6.07, 6.45) is -3.45. The molecule has 1 heterocycles. The number of ether oxygens (including phenoxy) is 1. The summed E-state index contributed by atoms with van der Waals surface area (Å²) < 4.78 is 43.9. The van der Waals surface area contributed by atoms with Crippen LogP contribution in [0.2, 0.25) is 5.02 Å². The van der Waals surface area contributed by atoms with Crippen molar-refractivity contribution in [1.29, 1.82) is 0 Å². The SMILES string of the molecule is O=C(COc1ccc(Cc2ncc(C(F)(F)F)cc2Cl)cc1)c1ccc(-c2ccccc2)cc1. The molecular formula is C27H19ClF3NO2. The van der Waals surface area contributed by atoms with Crippen LogP contribution < -0.4 is 4.74 Å². The average molecular weight is 482 g/mol. The molecule has 0 atom stereocenters. The molecule has 4 aromatic rings. The van der Waals surface area contributed by atoms with Crippen molar-refractivity contribution < 1.29 is 22.7 Å². The molecule has 0 spiro atoms. The van der Waals surface area contributed by atoms with Crippen LogP contribution in [0.3, 0.4) is 0 Å². The van der Waals surface area contributed by atoms with Gasteiger partial charge in [0.2, 0.25) is 0 Å². The summed E-state index contributed by atoms with van der Waals surface area (Å²) >= 11 is 5.98. The minimum absolute atomic E-state index is 0.0426. The number of alkyl halides is 3. The molecule has 172 valence electrons. The molecule has 3 nitrogen and oxygen atoms in total. The van der Waals surface area contributed by atoms with E-state index in [1.807, 2.05) is 42.5 Å². The predicted octanol–water partition coefficient (Wildman–Crippen LogP) is 7.27. The predicted molar refractivity (Wildman–Crippen MR) is 125 cm³/mol. The van der Waals surface area contributed by atoms with Gasteiger partial charge in [-0.15, -0.1) is 0 Å². The van der Waals surface area contributed by atoms with E-state index in [9.17, 15) is 18.0 Å². The Bertz CT molecular complexity index is 1270. The number of ketones is 1. The van der Waals surface area contributed by atoms with E-state index in [0.717, 1.165) is 29.0 Å². The van der Waals surface area contributed by atoms with Crippen LogP contribution >= 0.6 is 11.6 Å². The van der Waals surface area contributed by atoms with E-state index in [1.54, 1.807) is 36.4 Å². The summed E-state index contributed by atoms with van der Waals surface area (Å²) in [5.74, 6) is 0.355. The second-order valence-corrected chi connectivity index (χ2v) is 8.03. The molecule has 0 unspecified atom stereocenters. The summed E-state index contributed by atoms with van der Waals surface area (Å²) in [4.78, 5) is 16.3. The van der Waals surface area contributed by atoms with Gasteiger partial charge in [-0.2, -0.15) is 13.2 Å². The van der Waals surface area contributed by atoms with Crippen molar-refractivity contribution >= 4 is 17.4 Å². The Kier molecular flexibility index (Phi) is 6.98. The first-order valence-electron chi connectivity index (χ1n) is 10.4. The Hall–Kier alpha value is -3.64. The molecule has 7 heteroatoms. The van der Waals surface area contributed by atoms with Crippen LogP contribution in [0.15, 0.2) is 91.1 Å². The standard InChI is InChI=1S/C27H19ClF3NO2/c28-24-15-22(27(29,30)31)16-32-25(24)14-18-6-12-23(13-7-18)34-17-26(33)21-10-8-20(9-11-21)19-4-2-1-3-5-19/h1-13,15-16H,14,17H2. The zero-order valence-electron chi connectivity index (χ0n) is 17.9. The summed E-state index contributed by atoms with van der Waals surface area (Å²) in [5.41, 5.74) is 2.91. The van der Waals surface area contributed by atoms with Gasteiger partial charge in [-0.05, 0) is 34.9 Å². The summed E-state index contributed by atoms with van der Waals surface area (Å²) in [6.45, 7) is -0.115. The molecule has 0 fully saturated rings. The third-order valence-electron chi connectivity index (χ3n) is 5.22. The van der Waals surface area contributed by atoms with Crippen molar-refractivity contribution in [2.45, 2.75) is 12.6 Å². The number of Topliss-reactive ketones (excluding diaryl/α,β-unsaturated/α-hetero) is 1. The molecule has 0 aliphatic heterocycles. The molecule has 0 N–H and O–H groups in total. The molecule has 1 aromatic heterocycles. The molecule has 0 aliphatic carbocycles. The maximum Gasteiger partial charge on any atom is 0.417 e. The van der Waals surface area contributed by atoms with Crippen LogP contribution in [0, 0.1) is 0 Å². The fourth-order valence-corrected chi connectivity index (χ4v) is 3.59. The zero-order chi connectivity index (χ0) is 24.1.